The minimum atomic E-state index is -0.349. The van der Waals surface area contributed by atoms with Crippen LogP contribution in [-0.4, -0.2) is 17.3 Å². The van der Waals surface area contributed by atoms with Crippen LogP contribution in [0.15, 0.2) is 18.2 Å². The van der Waals surface area contributed by atoms with E-state index < -0.39 is 0 Å². The summed E-state index contributed by atoms with van der Waals surface area (Å²) in [5.41, 5.74) is 1.11. The fourth-order valence-corrected chi connectivity index (χ4v) is 2.91. The van der Waals surface area contributed by atoms with E-state index >= 15 is 0 Å². The summed E-state index contributed by atoms with van der Waals surface area (Å²) in [7, 11) is 0. The lowest BCUT2D eigenvalue weighted by molar-refractivity contribution is 0.0952. The number of halogens is 2. The molecular weight excluding hydrogens is 309 g/mol. The van der Waals surface area contributed by atoms with Crippen molar-refractivity contribution in [2.24, 2.45) is 5.41 Å². The summed E-state index contributed by atoms with van der Waals surface area (Å²) in [6, 6.07) is 4.53. The third kappa shape index (κ3) is 5.72. The number of hydrogen-bond acceptors (Lipinski definition) is 1. The van der Waals surface area contributed by atoms with Crippen LogP contribution in [0, 0.1) is 18.2 Å². The first-order valence-electron chi connectivity index (χ1n) is 6.37. The summed E-state index contributed by atoms with van der Waals surface area (Å²) in [5.74, 6) is -0.588. The predicted molar refractivity (Wildman–Crippen MR) is 80.3 cm³/mol. The molecular formula is C15H21BrFNO. The lowest BCUT2D eigenvalue weighted by atomic mass is 9.90. The van der Waals surface area contributed by atoms with Crippen LogP contribution in [0.5, 0.6) is 0 Å². The zero-order valence-corrected chi connectivity index (χ0v) is 13.5. The van der Waals surface area contributed by atoms with Crippen LogP contribution in [0.3, 0.4) is 0 Å². The minimum Gasteiger partial charge on any atom is -0.351 e. The van der Waals surface area contributed by atoms with Crippen molar-refractivity contribution in [2.75, 3.05) is 6.54 Å². The van der Waals surface area contributed by atoms with Crippen molar-refractivity contribution in [2.45, 2.75) is 38.9 Å². The molecule has 0 spiro atoms. The lowest BCUT2D eigenvalue weighted by Crippen LogP contribution is -2.31. The van der Waals surface area contributed by atoms with Gasteiger partial charge in [-0.3, -0.25) is 4.79 Å². The molecule has 1 atom stereocenters. The molecule has 1 N–H and O–H groups in total. The largest absolute Gasteiger partial charge is 0.351 e. The van der Waals surface area contributed by atoms with Gasteiger partial charge in [0.2, 0.25) is 0 Å². The normalized spacial score (nSPS) is 13.2. The summed E-state index contributed by atoms with van der Waals surface area (Å²) in [4.78, 5) is 12.1. The molecule has 1 aromatic carbocycles. The maximum atomic E-state index is 13.4. The molecule has 4 heteroatoms. The van der Waals surface area contributed by atoms with Gasteiger partial charge in [0.05, 0.1) is 0 Å². The van der Waals surface area contributed by atoms with E-state index in [9.17, 15) is 9.18 Å². The van der Waals surface area contributed by atoms with E-state index in [1.54, 1.807) is 19.1 Å². The van der Waals surface area contributed by atoms with Crippen molar-refractivity contribution in [1.29, 1.82) is 0 Å². The van der Waals surface area contributed by atoms with Gasteiger partial charge in [0.15, 0.2) is 0 Å². The third-order valence-corrected chi connectivity index (χ3v) is 3.40. The predicted octanol–water partition coefficient (Wildman–Crippen LogP) is 4.06. The van der Waals surface area contributed by atoms with Crippen LogP contribution in [0.4, 0.5) is 4.39 Å². The maximum Gasteiger partial charge on any atom is 0.251 e. The fourth-order valence-electron chi connectivity index (χ4n) is 1.78. The average Bonchev–Trinajstić information content (AvgIpc) is 2.27. The summed E-state index contributed by atoms with van der Waals surface area (Å²) >= 11 is 3.55. The van der Waals surface area contributed by atoms with Crippen LogP contribution in [0.25, 0.3) is 0 Å². The molecule has 1 rings (SSSR count). The number of aryl methyl sites for hydroxylation is 1. The Balaban J connectivity index is 2.53. The molecule has 0 aliphatic rings. The summed E-state index contributed by atoms with van der Waals surface area (Å²) in [6.07, 6.45) is 0.954. The molecule has 0 heterocycles. The van der Waals surface area contributed by atoms with E-state index in [0.29, 0.717) is 17.7 Å². The maximum absolute atomic E-state index is 13.4. The first kappa shape index (κ1) is 16.2. The Morgan fingerprint density at radius 3 is 2.58 bits per heavy atom. The molecule has 0 aliphatic heterocycles. The smallest absolute Gasteiger partial charge is 0.251 e. The van der Waals surface area contributed by atoms with E-state index in [0.717, 1.165) is 6.42 Å². The van der Waals surface area contributed by atoms with Gasteiger partial charge >= 0.3 is 0 Å². The summed E-state index contributed by atoms with van der Waals surface area (Å²) in [5, 5.41) is 2.82. The van der Waals surface area contributed by atoms with Crippen LogP contribution in [-0.2, 0) is 0 Å². The quantitative estimate of drug-likeness (QED) is 0.829. The first-order valence-corrected chi connectivity index (χ1v) is 7.29. The van der Waals surface area contributed by atoms with Crippen molar-refractivity contribution in [3.05, 3.63) is 35.1 Å². The Labute approximate surface area is 122 Å². The van der Waals surface area contributed by atoms with Crippen molar-refractivity contribution in [1.82, 2.24) is 5.32 Å². The van der Waals surface area contributed by atoms with Gasteiger partial charge in [-0.25, -0.2) is 4.39 Å². The van der Waals surface area contributed by atoms with Gasteiger partial charge in [0.1, 0.15) is 5.82 Å². The third-order valence-electron chi connectivity index (χ3n) is 2.75. The lowest BCUT2D eigenvalue weighted by Gasteiger charge is -2.22. The van der Waals surface area contributed by atoms with E-state index in [-0.39, 0.29) is 22.0 Å². The standard InChI is InChI=1S/C15H21BrFNO/c1-10-5-6-11(7-13(10)17)14(19)18-9-12(16)8-15(2,3)4/h5-7,12H,8-9H2,1-4H3,(H,18,19). The number of alkyl halides is 1. The highest BCUT2D eigenvalue weighted by Crippen LogP contribution is 2.24. The highest BCUT2D eigenvalue weighted by atomic mass is 79.9. The number of nitrogens with one attached hydrogen (secondary N) is 1. The molecule has 1 amide bonds. The van der Waals surface area contributed by atoms with Gasteiger partial charge in [-0.2, -0.15) is 0 Å². The Kier molecular flexibility index (Phi) is 5.53. The number of carbonyl (C=O) groups is 1. The molecule has 1 unspecified atom stereocenters. The number of rotatable bonds is 4. The fraction of sp³-hybridized carbons (Fsp3) is 0.533. The van der Waals surface area contributed by atoms with E-state index in [4.69, 9.17) is 0 Å². The topological polar surface area (TPSA) is 29.1 Å². The molecule has 0 aromatic heterocycles. The SMILES string of the molecule is Cc1ccc(C(=O)NCC(Br)CC(C)(C)C)cc1F. The number of carbonyl (C=O) groups excluding carboxylic acids is 1. The average molecular weight is 330 g/mol. The molecule has 0 radical (unpaired) electrons. The van der Waals surface area contributed by atoms with Crippen LogP contribution in [0.1, 0.15) is 43.1 Å². The van der Waals surface area contributed by atoms with Crippen LogP contribution in [0.2, 0.25) is 0 Å². The molecule has 0 saturated heterocycles. The Bertz CT molecular complexity index is 454. The molecule has 2 nitrogen and oxygen atoms in total. The second-order valence-corrected chi connectivity index (χ2v) is 7.33. The molecule has 0 saturated carbocycles. The Morgan fingerprint density at radius 2 is 2.05 bits per heavy atom. The van der Waals surface area contributed by atoms with Crippen molar-refractivity contribution in [3.63, 3.8) is 0 Å². The zero-order chi connectivity index (χ0) is 14.6. The monoisotopic (exact) mass is 329 g/mol. The Hall–Kier alpha value is -0.900. The molecule has 0 fully saturated rings. The number of hydrogen-bond donors (Lipinski definition) is 1. The van der Waals surface area contributed by atoms with Crippen molar-refractivity contribution in [3.8, 4) is 0 Å². The molecule has 0 bridgehead atoms. The van der Waals surface area contributed by atoms with Gasteiger partial charge in [-0.05, 0) is 36.5 Å². The van der Waals surface area contributed by atoms with Gasteiger partial charge in [-0.15, -0.1) is 0 Å². The van der Waals surface area contributed by atoms with E-state index in [1.807, 2.05) is 0 Å². The molecule has 1 aromatic rings. The van der Waals surface area contributed by atoms with Crippen LogP contribution < -0.4 is 5.32 Å². The number of amides is 1. The number of benzene rings is 1. The van der Waals surface area contributed by atoms with Crippen molar-refractivity contribution < 1.29 is 9.18 Å². The molecule has 106 valence electrons. The van der Waals surface area contributed by atoms with Crippen molar-refractivity contribution >= 4 is 21.8 Å². The highest BCUT2D eigenvalue weighted by molar-refractivity contribution is 9.09. The van der Waals surface area contributed by atoms with Gasteiger partial charge in [0, 0.05) is 16.9 Å². The first-order chi connectivity index (χ1) is 8.69. The summed E-state index contributed by atoms with van der Waals surface area (Å²) in [6.45, 7) is 8.66. The second-order valence-electron chi connectivity index (χ2n) is 6.04. The Morgan fingerprint density at radius 1 is 1.42 bits per heavy atom. The zero-order valence-electron chi connectivity index (χ0n) is 11.9. The second kappa shape index (κ2) is 6.51. The molecule has 19 heavy (non-hydrogen) atoms. The van der Waals surface area contributed by atoms with Gasteiger partial charge in [-0.1, -0.05) is 42.8 Å². The van der Waals surface area contributed by atoms with Crippen LogP contribution >= 0.6 is 15.9 Å². The van der Waals surface area contributed by atoms with E-state index in [2.05, 4.69) is 42.0 Å². The van der Waals surface area contributed by atoms with Gasteiger partial charge < -0.3 is 5.32 Å². The van der Waals surface area contributed by atoms with Gasteiger partial charge in [0.25, 0.3) is 5.91 Å². The highest BCUT2D eigenvalue weighted by Gasteiger charge is 2.17. The summed E-state index contributed by atoms with van der Waals surface area (Å²) < 4.78 is 13.4. The minimum absolute atomic E-state index is 0.203. The van der Waals surface area contributed by atoms with E-state index in [1.165, 1.54) is 6.07 Å². The molecule has 0 aliphatic carbocycles.